The van der Waals surface area contributed by atoms with Crippen LogP contribution < -0.4 is 10.6 Å². The van der Waals surface area contributed by atoms with Crippen molar-refractivity contribution in [2.24, 2.45) is 13.0 Å². The quantitative estimate of drug-likeness (QED) is 0.740. The van der Waals surface area contributed by atoms with Crippen molar-refractivity contribution in [3.63, 3.8) is 0 Å². The first-order chi connectivity index (χ1) is 12.2. The number of nitrogens with one attached hydrogen (secondary N) is 2. The monoisotopic (exact) mass is 346 g/mol. The Kier molecular flexibility index (Phi) is 6.64. The van der Waals surface area contributed by atoms with E-state index in [9.17, 15) is 4.79 Å². The standard InChI is InChI=1S/C19H30N4O2/c1-23-17(8-9-22-23)13-20-18-7-3-2-6-16(18)11-19(24)21-12-15-5-4-10-25-14-15/h5,8-9,16,18,20H,2-4,6-7,10-14H2,1H3,(H,21,24)/t16-,18-/m0/s1. The molecule has 1 amide bonds. The summed E-state index contributed by atoms with van der Waals surface area (Å²) in [5.41, 5.74) is 2.37. The third-order valence-corrected chi connectivity index (χ3v) is 5.32. The van der Waals surface area contributed by atoms with E-state index >= 15 is 0 Å². The molecule has 1 aromatic heterocycles. The second-order valence-corrected chi connectivity index (χ2v) is 7.16. The normalized spacial score (nSPS) is 24.0. The molecule has 0 radical (unpaired) electrons. The summed E-state index contributed by atoms with van der Waals surface area (Å²) in [6, 6.07) is 2.45. The highest BCUT2D eigenvalue weighted by atomic mass is 16.5. The van der Waals surface area contributed by atoms with E-state index in [2.05, 4.69) is 21.8 Å². The van der Waals surface area contributed by atoms with E-state index in [1.54, 1.807) is 0 Å². The van der Waals surface area contributed by atoms with Crippen molar-refractivity contribution in [3.8, 4) is 0 Å². The van der Waals surface area contributed by atoms with E-state index in [4.69, 9.17) is 4.74 Å². The third-order valence-electron chi connectivity index (χ3n) is 5.32. The first kappa shape index (κ1) is 18.1. The van der Waals surface area contributed by atoms with Gasteiger partial charge in [0.05, 0.1) is 18.9 Å². The van der Waals surface area contributed by atoms with Crippen molar-refractivity contribution in [3.05, 3.63) is 29.6 Å². The van der Waals surface area contributed by atoms with Crippen LogP contribution in [-0.2, 0) is 23.1 Å². The fourth-order valence-electron chi connectivity index (χ4n) is 3.79. The fraction of sp³-hybridized carbons (Fsp3) is 0.684. The van der Waals surface area contributed by atoms with Crippen LogP contribution in [0.1, 0.15) is 44.2 Å². The largest absolute Gasteiger partial charge is 0.377 e. The molecular weight excluding hydrogens is 316 g/mol. The van der Waals surface area contributed by atoms with Gasteiger partial charge in [0.2, 0.25) is 5.91 Å². The van der Waals surface area contributed by atoms with Crippen LogP contribution >= 0.6 is 0 Å². The molecule has 1 aliphatic carbocycles. The lowest BCUT2D eigenvalue weighted by atomic mass is 9.82. The van der Waals surface area contributed by atoms with Crippen LogP contribution in [0.25, 0.3) is 0 Å². The molecule has 2 N–H and O–H groups in total. The zero-order valence-corrected chi connectivity index (χ0v) is 15.2. The Labute approximate surface area is 150 Å². The Balaban J connectivity index is 1.45. The number of aromatic nitrogens is 2. The van der Waals surface area contributed by atoms with E-state index in [-0.39, 0.29) is 5.91 Å². The summed E-state index contributed by atoms with van der Waals surface area (Å²) in [7, 11) is 1.96. The SMILES string of the molecule is Cn1nccc1CN[C@H]1CCCC[C@H]1CC(=O)NCC1=CCCOC1. The number of aryl methyl sites for hydroxylation is 1. The minimum absolute atomic E-state index is 0.158. The number of hydrogen-bond donors (Lipinski definition) is 2. The average molecular weight is 346 g/mol. The Hall–Kier alpha value is -1.66. The lowest BCUT2D eigenvalue weighted by Gasteiger charge is -2.32. The molecule has 25 heavy (non-hydrogen) atoms. The minimum Gasteiger partial charge on any atom is -0.377 e. The summed E-state index contributed by atoms with van der Waals surface area (Å²) in [6.07, 6.45) is 10.3. The summed E-state index contributed by atoms with van der Waals surface area (Å²) in [4.78, 5) is 12.4. The third kappa shape index (κ3) is 5.41. The molecule has 1 aromatic rings. The molecule has 0 unspecified atom stereocenters. The van der Waals surface area contributed by atoms with Gasteiger partial charge in [0, 0.05) is 38.8 Å². The molecule has 0 aromatic carbocycles. The lowest BCUT2D eigenvalue weighted by Crippen LogP contribution is -2.41. The van der Waals surface area contributed by atoms with Crippen molar-refractivity contribution < 1.29 is 9.53 Å². The number of nitrogens with zero attached hydrogens (tertiary/aromatic N) is 2. The highest BCUT2D eigenvalue weighted by Crippen LogP contribution is 2.27. The molecule has 1 fully saturated rings. The molecule has 138 valence electrons. The van der Waals surface area contributed by atoms with Crippen LogP contribution in [0.15, 0.2) is 23.9 Å². The van der Waals surface area contributed by atoms with Gasteiger partial charge in [-0.05, 0) is 36.8 Å². The Bertz CT molecular complexity index is 596. The van der Waals surface area contributed by atoms with E-state index < -0.39 is 0 Å². The van der Waals surface area contributed by atoms with Gasteiger partial charge in [0.15, 0.2) is 0 Å². The summed E-state index contributed by atoms with van der Waals surface area (Å²) in [5.74, 6) is 0.573. The minimum atomic E-state index is 0.158. The van der Waals surface area contributed by atoms with E-state index in [1.165, 1.54) is 24.1 Å². The highest BCUT2D eigenvalue weighted by Gasteiger charge is 2.27. The molecule has 2 aliphatic rings. The molecule has 6 nitrogen and oxygen atoms in total. The Morgan fingerprint density at radius 3 is 3.00 bits per heavy atom. The molecule has 6 heteroatoms. The zero-order chi connectivity index (χ0) is 17.5. The van der Waals surface area contributed by atoms with Crippen LogP contribution in [-0.4, -0.2) is 41.5 Å². The van der Waals surface area contributed by atoms with Gasteiger partial charge in [-0.2, -0.15) is 5.10 Å². The highest BCUT2D eigenvalue weighted by molar-refractivity contribution is 5.76. The van der Waals surface area contributed by atoms with Crippen molar-refractivity contribution in [2.75, 3.05) is 19.8 Å². The maximum absolute atomic E-state index is 12.4. The second kappa shape index (κ2) is 9.15. The Morgan fingerprint density at radius 1 is 1.36 bits per heavy atom. The number of ether oxygens (including phenoxy) is 1. The first-order valence-corrected chi connectivity index (χ1v) is 9.45. The van der Waals surface area contributed by atoms with Crippen molar-refractivity contribution in [1.29, 1.82) is 0 Å². The molecule has 0 bridgehead atoms. The van der Waals surface area contributed by atoms with Gasteiger partial charge in [-0.15, -0.1) is 0 Å². The van der Waals surface area contributed by atoms with Crippen molar-refractivity contribution >= 4 is 5.91 Å². The fourth-order valence-corrected chi connectivity index (χ4v) is 3.79. The average Bonchev–Trinajstić information content (AvgIpc) is 3.05. The first-order valence-electron chi connectivity index (χ1n) is 9.45. The molecule has 0 saturated heterocycles. The summed E-state index contributed by atoms with van der Waals surface area (Å²) in [5, 5.41) is 10.9. The maximum Gasteiger partial charge on any atom is 0.220 e. The summed E-state index contributed by atoms with van der Waals surface area (Å²) >= 11 is 0. The molecule has 2 atom stereocenters. The van der Waals surface area contributed by atoms with Gasteiger partial charge in [0.25, 0.3) is 0 Å². The second-order valence-electron chi connectivity index (χ2n) is 7.16. The number of carbonyl (C=O) groups excluding carboxylic acids is 1. The molecule has 1 aliphatic heterocycles. The number of carbonyl (C=O) groups is 1. The molecule has 1 saturated carbocycles. The van der Waals surface area contributed by atoms with Gasteiger partial charge in [0.1, 0.15) is 0 Å². The van der Waals surface area contributed by atoms with Gasteiger partial charge in [-0.1, -0.05) is 18.9 Å². The van der Waals surface area contributed by atoms with Crippen LogP contribution in [0.4, 0.5) is 0 Å². The van der Waals surface area contributed by atoms with Crippen LogP contribution in [0.3, 0.4) is 0 Å². The van der Waals surface area contributed by atoms with E-state index in [0.717, 1.165) is 32.4 Å². The molecule has 2 heterocycles. The summed E-state index contributed by atoms with van der Waals surface area (Å²) in [6.45, 7) is 2.88. The predicted octanol–water partition coefficient (Wildman–Crippen LogP) is 1.92. The van der Waals surface area contributed by atoms with E-state index in [1.807, 2.05) is 24.0 Å². The summed E-state index contributed by atoms with van der Waals surface area (Å²) < 4.78 is 7.32. The number of rotatable bonds is 7. The van der Waals surface area contributed by atoms with Crippen LogP contribution in [0.5, 0.6) is 0 Å². The Morgan fingerprint density at radius 2 is 2.24 bits per heavy atom. The van der Waals surface area contributed by atoms with Gasteiger partial charge in [-0.25, -0.2) is 0 Å². The molecule has 3 rings (SSSR count). The van der Waals surface area contributed by atoms with Crippen LogP contribution in [0, 0.1) is 5.92 Å². The molecule has 0 spiro atoms. The van der Waals surface area contributed by atoms with Crippen molar-refractivity contribution in [1.82, 2.24) is 20.4 Å². The smallest absolute Gasteiger partial charge is 0.220 e. The van der Waals surface area contributed by atoms with Gasteiger partial charge >= 0.3 is 0 Å². The number of amides is 1. The number of hydrogen-bond acceptors (Lipinski definition) is 4. The lowest BCUT2D eigenvalue weighted by molar-refractivity contribution is -0.122. The predicted molar refractivity (Wildman–Crippen MR) is 96.9 cm³/mol. The van der Waals surface area contributed by atoms with Gasteiger partial charge < -0.3 is 15.4 Å². The molecular formula is C19H30N4O2. The van der Waals surface area contributed by atoms with Crippen molar-refractivity contribution in [2.45, 2.75) is 51.1 Å². The maximum atomic E-state index is 12.4. The van der Waals surface area contributed by atoms with Gasteiger partial charge in [-0.3, -0.25) is 9.48 Å². The zero-order valence-electron chi connectivity index (χ0n) is 15.2. The topological polar surface area (TPSA) is 68.2 Å². The van der Waals surface area contributed by atoms with E-state index in [0.29, 0.717) is 31.5 Å². The van der Waals surface area contributed by atoms with Crippen LogP contribution in [0.2, 0.25) is 0 Å².